The van der Waals surface area contributed by atoms with Crippen LogP contribution < -0.4 is 5.32 Å². The molecule has 0 bridgehead atoms. The predicted molar refractivity (Wildman–Crippen MR) is 125 cm³/mol. The standard InChI is InChI=1S/C25H23FN6O2/c1-32-23-8-5-16(10-21(23)30-31-32)25-20-13-27-19(9-17(20)12-28-25)11-24(33)29-22(14-34-2)15-3-6-18(26)7-4-15/h3-10,13,22H,11-12,14H2,1-2H3,(H,29,33)/t22-/m1/s1. The number of carbonyl (C=O) groups is 1. The van der Waals surface area contributed by atoms with Crippen LogP contribution in [0.3, 0.4) is 0 Å². The summed E-state index contributed by atoms with van der Waals surface area (Å²) in [6.45, 7) is 0.810. The van der Waals surface area contributed by atoms with Crippen molar-refractivity contribution in [3.63, 3.8) is 0 Å². The molecule has 3 heterocycles. The van der Waals surface area contributed by atoms with Gasteiger partial charge in [-0.3, -0.25) is 14.8 Å². The van der Waals surface area contributed by atoms with Crippen molar-refractivity contribution in [3.8, 4) is 0 Å². The summed E-state index contributed by atoms with van der Waals surface area (Å²) in [7, 11) is 3.42. The van der Waals surface area contributed by atoms with Crippen molar-refractivity contribution >= 4 is 22.7 Å². The monoisotopic (exact) mass is 458 g/mol. The van der Waals surface area contributed by atoms with E-state index in [9.17, 15) is 9.18 Å². The number of aryl methyl sites for hydroxylation is 1. The van der Waals surface area contributed by atoms with Crippen LogP contribution in [0.5, 0.6) is 0 Å². The second-order valence-electron chi connectivity index (χ2n) is 8.22. The van der Waals surface area contributed by atoms with E-state index in [0.29, 0.717) is 12.2 Å². The number of rotatable bonds is 7. The van der Waals surface area contributed by atoms with Crippen LogP contribution in [0.2, 0.25) is 0 Å². The lowest BCUT2D eigenvalue weighted by molar-refractivity contribution is -0.121. The zero-order valence-corrected chi connectivity index (χ0v) is 18.8. The molecule has 2 aromatic carbocycles. The molecule has 2 aromatic heterocycles. The largest absolute Gasteiger partial charge is 0.382 e. The average molecular weight is 458 g/mol. The van der Waals surface area contributed by atoms with E-state index >= 15 is 0 Å². The summed E-state index contributed by atoms with van der Waals surface area (Å²) in [5, 5.41) is 11.2. The van der Waals surface area contributed by atoms with E-state index in [1.807, 2.05) is 31.3 Å². The van der Waals surface area contributed by atoms with Gasteiger partial charge in [-0.1, -0.05) is 23.4 Å². The molecule has 1 aliphatic heterocycles. The smallest absolute Gasteiger partial charge is 0.226 e. The fraction of sp³-hybridized carbons (Fsp3) is 0.240. The molecule has 172 valence electrons. The van der Waals surface area contributed by atoms with Gasteiger partial charge in [0.1, 0.15) is 11.3 Å². The van der Waals surface area contributed by atoms with Crippen molar-refractivity contribution in [1.82, 2.24) is 25.3 Å². The third kappa shape index (κ3) is 4.29. The van der Waals surface area contributed by atoms with Crippen LogP contribution in [0.1, 0.15) is 34.0 Å². The van der Waals surface area contributed by atoms with Crippen molar-refractivity contribution in [2.45, 2.75) is 19.0 Å². The molecule has 0 saturated carbocycles. The molecule has 0 radical (unpaired) electrons. The van der Waals surface area contributed by atoms with Gasteiger partial charge in [0, 0.05) is 31.5 Å². The molecule has 1 aliphatic rings. The van der Waals surface area contributed by atoms with Crippen molar-refractivity contribution in [1.29, 1.82) is 0 Å². The molecular formula is C25H23FN6O2. The maximum atomic E-state index is 13.3. The Hall–Kier alpha value is -3.98. The van der Waals surface area contributed by atoms with Gasteiger partial charge in [0.15, 0.2) is 0 Å². The summed E-state index contributed by atoms with van der Waals surface area (Å²) in [6, 6.07) is 13.5. The minimum absolute atomic E-state index is 0.121. The van der Waals surface area contributed by atoms with Gasteiger partial charge in [-0.2, -0.15) is 0 Å². The molecule has 9 heteroatoms. The molecule has 5 rings (SSSR count). The Morgan fingerprint density at radius 3 is 2.82 bits per heavy atom. The van der Waals surface area contributed by atoms with Crippen LogP contribution in [-0.2, 0) is 29.5 Å². The zero-order valence-electron chi connectivity index (χ0n) is 18.8. The Morgan fingerprint density at radius 1 is 1.21 bits per heavy atom. The highest BCUT2D eigenvalue weighted by Crippen LogP contribution is 2.25. The lowest BCUT2D eigenvalue weighted by atomic mass is 10.0. The maximum absolute atomic E-state index is 13.3. The summed E-state index contributed by atoms with van der Waals surface area (Å²) in [5.41, 5.74) is 7.00. The van der Waals surface area contributed by atoms with Crippen molar-refractivity contribution in [2.24, 2.45) is 12.0 Å². The van der Waals surface area contributed by atoms with Crippen LogP contribution >= 0.6 is 0 Å². The van der Waals surface area contributed by atoms with Crippen molar-refractivity contribution in [2.75, 3.05) is 13.7 Å². The summed E-state index contributed by atoms with van der Waals surface area (Å²) >= 11 is 0. The van der Waals surface area contributed by atoms with E-state index in [1.54, 1.807) is 30.1 Å². The van der Waals surface area contributed by atoms with Gasteiger partial charge in [0.2, 0.25) is 5.91 Å². The number of nitrogens with one attached hydrogen (secondary N) is 1. The quantitative estimate of drug-likeness (QED) is 0.460. The fourth-order valence-corrected chi connectivity index (χ4v) is 4.16. The predicted octanol–water partition coefficient (Wildman–Crippen LogP) is 2.90. The Morgan fingerprint density at radius 2 is 2.03 bits per heavy atom. The summed E-state index contributed by atoms with van der Waals surface area (Å²) in [5.74, 6) is -0.516. The number of ether oxygens (including phenoxy) is 1. The van der Waals surface area contributed by atoms with E-state index in [0.717, 1.165) is 39.0 Å². The van der Waals surface area contributed by atoms with Crippen molar-refractivity contribution in [3.05, 3.63) is 88.5 Å². The third-order valence-corrected chi connectivity index (χ3v) is 5.88. The number of aromatic nitrogens is 4. The van der Waals surface area contributed by atoms with Crippen LogP contribution in [0.4, 0.5) is 4.39 Å². The molecule has 0 aliphatic carbocycles. The summed E-state index contributed by atoms with van der Waals surface area (Å²) in [6.07, 6.45) is 1.90. The van der Waals surface area contributed by atoms with Crippen LogP contribution in [0.15, 0.2) is 59.7 Å². The molecule has 0 spiro atoms. The Labute approximate surface area is 195 Å². The van der Waals surface area contributed by atoms with E-state index < -0.39 is 0 Å². The van der Waals surface area contributed by atoms with Gasteiger partial charge in [-0.25, -0.2) is 9.07 Å². The second-order valence-corrected chi connectivity index (χ2v) is 8.22. The number of pyridine rings is 1. The molecule has 1 amide bonds. The maximum Gasteiger partial charge on any atom is 0.226 e. The topological polar surface area (TPSA) is 94.3 Å². The Balaban J connectivity index is 1.30. The highest BCUT2D eigenvalue weighted by Gasteiger charge is 2.21. The number of aliphatic imine (C=N–C) groups is 1. The van der Waals surface area contributed by atoms with Crippen LogP contribution in [-0.4, -0.2) is 45.3 Å². The number of hydrogen-bond acceptors (Lipinski definition) is 6. The van der Waals surface area contributed by atoms with Gasteiger partial charge >= 0.3 is 0 Å². The first-order chi connectivity index (χ1) is 16.5. The second kappa shape index (κ2) is 9.11. The SMILES string of the molecule is COC[C@@H](NC(=O)Cc1cc2c(cn1)C(c1ccc3c(c1)nnn3C)=NC2)c1ccc(F)cc1. The van der Waals surface area contributed by atoms with Crippen LogP contribution in [0, 0.1) is 5.82 Å². The summed E-state index contributed by atoms with van der Waals surface area (Å²) < 4.78 is 20.2. The molecule has 34 heavy (non-hydrogen) atoms. The molecule has 8 nitrogen and oxygen atoms in total. The number of fused-ring (bicyclic) bond motifs is 2. The number of nitrogens with zero attached hydrogens (tertiary/aromatic N) is 5. The Bertz CT molecular complexity index is 1400. The van der Waals surface area contributed by atoms with E-state index in [2.05, 4.69) is 20.6 Å². The molecule has 1 atom stereocenters. The molecular weight excluding hydrogens is 435 g/mol. The number of halogens is 1. The number of carbonyl (C=O) groups excluding carboxylic acids is 1. The van der Waals surface area contributed by atoms with Gasteiger partial charge < -0.3 is 10.1 Å². The first-order valence-corrected chi connectivity index (χ1v) is 10.9. The van der Waals surface area contributed by atoms with Gasteiger partial charge in [-0.05, 0) is 41.5 Å². The normalized spacial score (nSPS) is 13.6. The number of hydrogen-bond donors (Lipinski definition) is 1. The van der Waals surface area contributed by atoms with E-state index in [4.69, 9.17) is 9.73 Å². The molecule has 0 unspecified atom stereocenters. The number of benzene rings is 2. The van der Waals surface area contributed by atoms with E-state index in [1.165, 1.54) is 12.1 Å². The van der Waals surface area contributed by atoms with Crippen LogP contribution in [0.25, 0.3) is 11.0 Å². The third-order valence-electron chi connectivity index (χ3n) is 5.88. The highest BCUT2D eigenvalue weighted by atomic mass is 19.1. The molecule has 0 saturated heterocycles. The molecule has 4 aromatic rings. The first-order valence-electron chi connectivity index (χ1n) is 10.9. The van der Waals surface area contributed by atoms with Gasteiger partial charge in [-0.15, -0.1) is 5.10 Å². The van der Waals surface area contributed by atoms with Crippen molar-refractivity contribution < 1.29 is 13.9 Å². The lowest BCUT2D eigenvalue weighted by Gasteiger charge is -2.18. The molecule has 1 N–H and O–H groups in total. The average Bonchev–Trinajstić information content (AvgIpc) is 3.42. The van der Waals surface area contributed by atoms with Gasteiger partial charge in [0.05, 0.1) is 42.5 Å². The highest BCUT2D eigenvalue weighted by molar-refractivity contribution is 6.15. The minimum atomic E-state index is -0.376. The zero-order chi connectivity index (χ0) is 23.7. The summed E-state index contributed by atoms with van der Waals surface area (Å²) in [4.78, 5) is 21.9. The fourth-order valence-electron chi connectivity index (χ4n) is 4.16. The van der Waals surface area contributed by atoms with Gasteiger partial charge in [0.25, 0.3) is 0 Å². The Kier molecular flexibility index (Phi) is 5.85. The lowest BCUT2D eigenvalue weighted by Crippen LogP contribution is -2.32. The van der Waals surface area contributed by atoms with E-state index in [-0.39, 0.29) is 30.8 Å². The number of amides is 1. The number of methoxy groups -OCH3 is 1. The minimum Gasteiger partial charge on any atom is -0.382 e. The first kappa shape index (κ1) is 21.8. The molecule has 0 fully saturated rings.